The van der Waals surface area contributed by atoms with Crippen LogP contribution in [0.1, 0.15) is 54.1 Å². The van der Waals surface area contributed by atoms with Crippen molar-refractivity contribution in [2.24, 2.45) is 11.3 Å². The normalized spacial score (nSPS) is 20.4. The molecule has 0 spiro atoms. The lowest BCUT2D eigenvalue weighted by Crippen LogP contribution is -2.89. The Labute approximate surface area is 174 Å². The summed E-state index contributed by atoms with van der Waals surface area (Å²) in [6, 6.07) is 0. The summed E-state index contributed by atoms with van der Waals surface area (Å²) in [6.45, 7) is 12.4. The molecule has 1 fully saturated rings. The Morgan fingerprint density at radius 2 is 1.97 bits per heavy atom. The molecule has 1 amide bonds. The number of carbonyl (C=O) groups excluding carboxylic acids is 1. The van der Waals surface area contributed by atoms with Gasteiger partial charge in [-0.15, -0.1) is 16.4 Å². The smallest absolute Gasteiger partial charge is 0.293 e. The number of hydrogen-bond acceptors (Lipinski definition) is 5. The van der Waals surface area contributed by atoms with E-state index in [0.29, 0.717) is 17.2 Å². The fraction of sp³-hybridized carbons (Fsp3) is 0.619. The van der Waals surface area contributed by atoms with Gasteiger partial charge in [0.25, 0.3) is 5.91 Å². The van der Waals surface area contributed by atoms with E-state index in [1.54, 1.807) is 15.9 Å². The zero-order valence-corrected chi connectivity index (χ0v) is 18.5. The van der Waals surface area contributed by atoms with E-state index in [4.69, 9.17) is 9.97 Å². The van der Waals surface area contributed by atoms with Crippen molar-refractivity contribution in [3.8, 4) is 0 Å². The number of hydrogen-bond donors (Lipinski definition) is 1. The molecule has 8 heteroatoms. The summed E-state index contributed by atoms with van der Waals surface area (Å²) in [5.41, 5.74) is 2.49. The fourth-order valence-electron chi connectivity index (χ4n) is 4.70. The van der Waals surface area contributed by atoms with Crippen molar-refractivity contribution in [1.29, 1.82) is 0 Å². The van der Waals surface area contributed by atoms with Gasteiger partial charge in [-0.1, -0.05) is 20.8 Å². The maximum atomic E-state index is 13.0. The highest BCUT2D eigenvalue weighted by Gasteiger charge is 2.32. The highest BCUT2D eigenvalue weighted by atomic mass is 32.1. The van der Waals surface area contributed by atoms with Crippen LogP contribution in [0.4, 0.5) is 0 Å². The van der Waals surface area contributed by atoms with Crippen molar-refractivity contribution >= 4 is 33.1 Å². The van der Waals surface area contributed by atoms with Crippen LogP contribution in [0.25, 0.3) is 15.9 Å². The van der Waals surface area contributed by atoms with Crippen molar-refractivity contribution in [3.63, 3.8) is 0 Å². The van der Waals surface area contributed by atoms with Crippen molar-refractivity contribution in [1.82, 2.24) is 24.5 Å². The van der Waals surface area contributed by atoms with E-state index in [9.17, 15) is 4.79 Å². The zero-order valence-electron chi connectivity index (χ0n) is 17.7. The molecular weight excluding hydrogens is 384 g/mol. The molecule has 29 heavy (non-hydrogen) atoms. The van der Waals surface area contributed by atoms with Crippen LogP contribution < -0.4 is 5.32 Å². The van der Waals surface area contributed by atoms with Gasteiger partial charge < -0.3 is 10.2 Å². The van der Waals surface area contributed by atoms with Gasteiger partial charge in [0.2, 0.25) is 5.82 Å². The third kappa shape index (κ3) is 3.13. The van der Waals surface area contributed by atoms with E-state index < -0.39 is 0 Å². The number of aromatic nitrogens is 4. The lowest BCUT2D eigenvalue weighted by atomic mass is 9.72. The van der Waals surface area contributed by atoms with Gasteiger partial charge in [-0.3, -0.25) is 4.79 Å². The van der Waals surface area contributed by atoms with Crippen LogP contribution >= 0.6 is 11.3 Å². The quantitative estimate of drug-likeness (QED) is 0.660. The molecule has 2 N–H and O–H groups in total. The lowest BCUT2D eigenvalue weighted by molar-refractivity contribution is -0.661. The number of carbonyl (C=O) groups is 1. The minimum absolute atomic E-state index is 0.0637. The maximum Gasteiger partial charge on any atom is 0.293 e. The number of amides is 1. The molecule has 0 unspecified atom stereocenters. The van der Waals surface area contributed by atoms with Gasteiger partial charge in [0, 0.05) is 4.88 Å². The van der Waals surface area contributed by atoms with Crippen LogP contribution in [-0.4, -0.2) is 56.6 Å². The zero-order chi connectivity index (χ0) is 20.3. The predicted molar refractivity (Wildman–Crippen MR) is 113 cm³/mol. The van der Waals surface area contributed by atoms with Crippen LogP contribution in [0.15, 0.2) is 0 Å². The van der Waals surface area contributed by atoms with Crippen LogP contribution in [0.3, 0.4) is 0 Å². The summed E-state index contributed by atoms with van der Waals surface area (Å²) in [4.78, 5) is 26.9. The molecular formula is C21H29N6OS+. The average molecular weight is 414 g/mol. The maximum absolute atomic E-state index is 13.0. The number of nitrogens with zero attached hydrogens (tertiary/aromatic N) is 5. The largest absolute Gasteiger partial charge is 0.343 e. The molecule has 1 aliphatic carbocycles. The molecule has 2 aliphatic rings. The van der Waals surface area contributed by atoms with E-state index in [-0.39, 0.29) is 5.91 Å². The number of quaternary nitrogens is 1. The molecule has 3 aromatic heterocycles. The standard InChI is InChI=1S/C21H28N6OS/c1-12-23-19-16(14-6-5-13(21(2,3)4)11-15(14)29-19)18-24-17(25-27(12)18)20(28)26-9-7-22-8-10-26/h13,22H,5-11H2,1-4H3/p+1/t13-/m0/s1. The first kappa shape index (κ1) is 18.9. The second-order valence-electron chi connectivity index (χ2n) is 9.48. The molecule has 4 heterocycles. The highest BCUT2D eigenvalue weighted by Crippen LogP contribution is 2.43. The van der Waals surface area contributed by atoms with E-state index in [1.807, 2.05) is 11.8 Å². The van der Waals surface area contributed by atoms with Crippen LogP contribution in [0, 0.1) is 18.3 Å². The summed E-state index contributed by atoms with van der Waals surface area (Å²) >= 11 is 1.80. The molecule has 5 rings (SSSR count). The van der Waals surface area contributed by atoms with E-state index >= 15 is 0 Å². The first-order chi connectivity index (χ1) is 13.8. The van der Waals surface area contributed by atoms with Crippen molar-refractivity contribution in [3.05, 3.63) is 22.1 Å². The minimum Gasteiger partial charge on any atom is -0.343 e. The summed E-state index contributed by atoms with van der Waals surface area (Å²) in [5, 5.41) is 7.92. The first-order valence-corrected chi connectivity index (χ1v) is 11.4. The Morgan fingerprint density at radius 1 is 1.21 bits per heavy atom. The molecule has 1 aliphatic heterocycles. The fourth-order valence-corrected chi connectivity index (χ4v) is 6.04. The summed E-state index contributed by atoms with van der Waals surface area (Å²) < 4.78 is 1.77. The molecule has 0 radical (unpaired) electrons. The second kappa shape index (κ2) is 6.74. The summed E-state index contributed by atoms with van der Waals surface area (Å²) in [7, 11) is 0. The Morgan fingerprint density at radius 3 is 2.69 bits per heavy atom. The first-order valence-electron chi connectivity index (χ1n) is 10.6. The SMILES string of the molecule is Cc1nc2sc3c(c2c2nc(C(=O)N4CC[NH2+]CC4)nn12)CC[C@H](C(C)(C)C)C3. The molecule has 3 aromatic rings. The molecule has 154 valence electrons. The summed E-state index contributed by atoms with van der Waals surface area (Å²) in [6.07, 6.45) is 3.34. The number of nitrogens with two attached hydrogens (primary N) is 1. The van der Waals surface area contributed by atoms with Gasteiger partial charge in [-0.25, -0.2) is 9.97 Å². The molecule has 0 saturated carbocycles. The number of rotatable bonds is 1. The van der Waals surface area contributed by atoms with Crippen molar-refractivity contribution < 1.29 is 10.1 Å². The van der Waals surface area contributed by atoms with Crippen LogP contribution in [0.2, 0.25) is 0 Å². The number of aryl methyl sites for hydroxylation is 2. The Bertz CT molecular complexity index is 1100. The van der Waals surface area contributed by atoms with Crippen LogP contribution in [-0.2, 0) is 12.8 Å². The number of thiophene rings is 1. The van der Waals surface area contributed by atoms with Gasteiger partial charge in [0.15, 0.2) is 5.65 Å². The van der Waals surface area contributed by atoms with Crippen LogP contribution in [0.5, 0.6) is 0 Å². The van der Waals surface area contributed by atoms with Gasteiger partial charge in [0.05, 0.1) is 31.6 Å². The van der Waals surface area contributed by atoms with E-state index in [0.717, 1.165) is 60.7 Å². The topological polar surface area (TPSA) is 80.0 Å². The van der Waals surface area contributed by atoms with E-state index in [2.05, 4.69) is 31.2 Å². The molecule has 1 saturated heterocycles. The summed E-state index contributed by atoms with van der Waals surface area (Å²) in [5.74, 6) is 1.71. The molecule has 0 bridgehead atoms. The number of fused-ring (bicyclic) bond motifs is 5. The lowest BCUT2D eigenvalue weighted by Gasteiger charge is -2.33. The van der Waals surface area contributed by atoms with Gasteiger partial charge in [0.1, 0.15) is 10.7 Å². The van der Waals surface area contributed by atoms with E-state index in [1.165, 1.54) is 16.9 Å². The third-order valence-corrected chi connectivity index (χ3v) is 7.71. The molecule has 7 nitrogen and oxygen atoms in total. The third-order valence-electron chi connectivity index (χ3n) is 6.56. The Balaban J connectivity index is 1.60. The van der Waals surface area contributed by atoms with Gasteiger partial charge in [-0.2, -0.15) is 4.52 Å². The predicted octanol–water partition coefficient (Wildman–Crippen LogP) is 1.82. The molecule has 1 atom stereocenters. The Kier molecular flexibility index (Phi) is 4.40. The van der Waals surface area contributed by atoms with Gasteiger partial charge in [-0.05, 0) is 43.1 Å². The minimum atomic E-state index is -0.0637. The van der Waals surface area contributed by atoms with Crippen molar-refractivity contribution in [2.75, 3.05) is 26.2 Å². The second-order valence-corrected chi connectivity index (χ2v) is 10.6. The monoisotopic (exact) mass is 413 g/mol. The van der Waals surface area contributed by atoms with Gasteiger partial charge >= 0.3 is 0 Å². The average Bonchev–Trinajstić information content (AvgIpc) is 3.28. The number of piperazine rings is 1. The van der Waals surface area contributed by atoms with Crippen molar-refractivity contribution in [2.45, 2.75) is 47.0 Å². The highest BCUT2D eigenvalue weighted by molar-refractivity contribution is 7.19. The molecule has 0 aromatic carbocycles. The Hall–Kier alpha value is -2.06.